The van der Waals surface area contributed by atoms with Gasteiger partial charge < -0.3 is 14.8 Å². The van der Waals surface area contributed by atoms with Crippen LogP contribution in [0.2, 0.25) is 0 Å². The molecule has 0 bridgehead atoms. The average molecular weight is 460 g/mol. The van der Waals surface area contributed by atoms with E-state index < -0.39 is 0 Å². The summed E-state index contributed by atoms with van der Waals surface area (Å²) in [6.45, 7) is 4.22. The van der Waals surface area contributed by atoms with Gasteiger partial charge in [-0.2, -0.15) is 5.10 Å². The number of amides is 2. The number of nitrogens with zero attached hydrogens (tertiary/aromatic N) is 1. The number of ether oxygens (including phenoxy) is 2. The molecule has 0 fully saturated rings. The van der Waals surface area contributed by atoms with Crippen molar-refractivity contribution in [2.24, 2.45) is 5.10 Å². The van der Waals surface area contributed by atoms with Gasteiger partial charge in [0.25, 0.3) is 5.91 Å². The highest BCUT2D eigenvalue weighted by Gasteiger charge is 2.07. The predicted molar refractivity (Wildman–Crippen MR) is 116 cm³/mol. The van der Waals surface area contributed by atoms with Crippen molar-refractivity contribution in [1.82, 2.24) is 10.7 Å². The van der Waals surface area contributed by atoms with Crippen LogP contribution in [-0.4, -0.2) is 38.3 Å². The number of rotatable bonds is 10. The normalized spacial score (nSPS) is 10.4. The summed E-state index contributed by atoms with van der Waals surface area (Å²) < 4.78 is 11.3. The number of hydrazone groups is 1. The Kier molecular flexibility index (Phi) is 8.91. The lowest BCUT2D eigenvalue weighted by molar-refractivity contribution is -0.120. The Morgan fingerprint density at radius 2 is 1.97 bits per heavy atom. The maximum absolute atomic E-state index is 12.0. The Balaban J connectivity index is 1.74. The van der Waals surface area contributed by atoms with E-state index in [2.05, 4.69) is 38.4 Å². The van der Waals surface area contributed by atoms with E-state index in [0.29, 0.717) is 23.7 Å². The highest BCUT2D eigenvalue weighted by molar-refractivity contribution is 9.10. The van der Waals surface area contributed by atoms with E-state index >= 15 is 0 Å². The fourth-order valence-corrected chi connectivity index (χ4v) is 2.74. The molecule has 2 aromatic carbocycles. The lowest BCUT2D eigenvalue weighted by atomic mass is 10.2. The third kappa shape index (κ3) is 7.42. The molecule has 0 unspecified atom stereocenters. The summed E-state index contributed by atoms with van der Waals surface area (Å²) in [7, 11) is 1.56. The zero-order chi connectivity index (χ0) is 21.1. The minimum absolute atomic E-state index is 0.108. The first kappa shape index (κ1) is 22.2. The second-order valence-corrected chi connectivity index (χ2v) is 6.67. The Bertz CT molecular complexity index is 882. The van der Waals surface area contributed by atoms with Gasteiger partial charge in [0.1, 0.15) is 18.1 Å². The van der Waals surface area contributed by atoms with Crippen LogP contribution in [0.15, 0.2) is 64.7 Å². The highest BCUT2D eigenvalue weighted by atomic mass is 79.9. The summed E-state index contributed by atoms with van der Waals surface area (Å²) in [6.07, 6.45) is 3.30. The van der Waals surface area contributed by atoms with Crippen LogP contribution in [-0.2, 0) is 4.79 Å². The summed E-state index contributed by atoms with van der Waals surface area (Å²) in [5.74, 6) is 0.803. The molecule has 2 N–H and O–H groups in total. The molecule has 0 saturated heterocycles. The number of halogens is 1. The summed E-state index contributed by atoms with van der Waals surface area (Å²) in [5.41, 5.74) is 3.71. The molecule has 8 heteroatoms. The largest absolute Gasteiger partial charge is 0.497 e. The molecule has 0 aliphatic carbocycles. The molecular weight excluding hydrogens is 438 g/mol. The van der Waals surface area contributed by atoms with Gasteiger partial charge in [-0.15, -0.1) is 0 Å². The number of carbonyl (C=O) groups is 2. The Morgan fingerprint density at radius 3 is 2.62 bits per heavy atom. The van der Waals surface area contributed by atoms with E-state index in [0.717, 1.165) is 10.0 Å². The van der Waals surface area contributed by atoms with Crippen LogP contribution in [0.5, 0.6) is 11.5 Å². The summed E-state index contributed by atoms with van der Waals surface area (Å²) in [4.78, 5) is 23.9. The van der Waals surface area contributed by atoms with Crippen LogP contribution in [0.25, 0.3) is 0 Å². The molecule has 152 valence electrons. The van der Waals surface area contributed by atoms with Crippen molar-refractivity contribution in [2.75, 3.05) is 20.3 Å². The molecule has 0 aromatic heterocycles. The van der Waals surface area contributed by atoms with Gasteiger partial charge in [-0.25, -0.2) is 5.43 Å². The van der Waals surface area contributed by atoms with Crippen molar-refractivity contribution >= 4 is 34.0 Å². The minimum Gasteiger partial charge on any atom is -0.497 e. The van der Waals surface area contributed by atoms with Crippen LogP contribution in [0.1, 0.15) is 22.3 Å². The molecule has 0 atom stereocenters. The second-order valence-electron chi connectivity index (χ2n) is 5.82. The SMILES string of the molecule is C=CCOc1ccc(C=NNC(=O)CCNC(=O)c2ccc(OC)cc2)cc1Br. The zero-order valence-electron chi connectivity index (χ0n) is 16.0. The number of hydrogen-bond donors (Lipinski definition) is 2. The molecule has 7 nitrogen and oxygen atoms in total. The Hall–Kier alpha value is -3.13. The molecule has 0 aliphatic rings. The van der Waals surface area contributed by atoms with Crippen molar-refractivity contribution in [3.8, 4) is 11.5 Å². The smallest absolute Gasteiger partial charge is 0.251 e. The molecule has 0 aliphatic heterocycles. The van der Waals surface area contributed by atoms with E-state index in [4.69, 9.17) is 9.47 Å². The van der Waals surface area contributed by atoms with Crippen LogP contribution in [0.3, 0.4) is 0 Å². The van der Waals surface area contributed by atoms with Gasteiger partial charge in [0, 0.05) is 18.5 Å². The molecule has 29 heavy (non-hydrogen) atoms. The number of hydrogen-bond acceptors (Lipinski definition) is 5. The van der Waals surface area contributed by atoms with Gasteiger partial charge in [0.2, 0.25) is 5.91 Å². The lowest BCUT2D eigenvalue weighted by Gasteiger charge is -2.06. The van der Waals surface area contributed by atoms with E-state index in [-0.39, 0.29) is 24.8 Å². The van der Waals surface area contributed by atoms with Gasteiger partial charge in [0.15, 0.2) is 0 Å². The highest BCUT2D eigenvalue weighted by Crippen LogP contribution is 2.25. The molecule has 0 heterocycles. The molecule has 2 aromatic rings. The topological polar surface area (TPSA) is 89.0 Å². The monoisotopic (exact) mass is 459 g/mol. The molecule has 0 radical (unpaired) electrons. The fraction of sp³-hybridized carbons (Fsp3) is 0.190. The Labute approximate surface area is 177 Å². The second kappa shape index (κ2) is 11.7. The van der Waals surface area contributed by atoms with E-state index in [1.165, 1.54) is 6.21 Å². The van der Waals surface area contributed by atoms with Gasteiger partial charge in [-0.05, 0) is 64.0 Å². The average Bonchev–Trinajstić information content (AvgIpc) is 2.73. The van der Waals surface area contributed by atoms with Gasteiger partial charge in [0.05, 0.1) is 17.8 Å². The number of methoxy groups -OCH3 is 1. The van der Waals surface area contributed by atoms with Gasteiger partial charge >= 0.3 is 0 Å². The lowest BCUT2D eigenvalue weighted by Crippen LogP contribution is -2.29. The van der Waals surface area contributed by atoms with Crippen LogP contribution in [0, 0.1) is 0 Å². The van der Waals surface area contributed by atoms with Crippen LogP contribution < -0.4 is 20.2 Å². The first-order valence-corrected chi connectivity index (χ1v) is 9.60. The molecule has 0 spiro atoms. The van der Waals surface area contributed by atoms with Gasteiger partial charge in [-0.3, -0.25) is 9.59 Å². The maximum Gasteiger partial charge on any atom is 0.251 e. The number of benzene rings is 2. The third-order valence-electron chi connectivity index (χ3n) is 3.71. The van der Waals surface area contributed by atoms with E-state index in [1.807, 2.05) is 12.1 Å². The molecular formula is C21H22BrN3O4. The Morgan fingerprint density at radius 1 is 1.21 bits per heavy atom. The first-order valence-electron chi connectivity index (χ1n) is 8.81. The minimum atomic E-state index is -0.304. The number of nitrogens with one attached hydrogen (secondary N) is 2. The fourth-order valence-electron chi connectivity index (χ4n) is 2.23. The zero-order valence-corrected chi connectivity index (χ0v) is 17.6. The predicted octanol–water partition coefficient (Wildman–Crippen LogP) is 3.29. The van der Waals surface area contributed by atoms with Crippen LogP contribution >= 0.6 is 15.9 Å². The van der Waals surface area contributed by atoms with E-state index in [9.17, 15) is 9.59 Å². The summed E-state index contributed by atoms with van der Waals surface area (Å²) in [5, 5.41) is 6.61. The van der Waals surface area contributed by atoms with Gasteiger partial charge in [-0.1, -0.05) is 12.7 Å². The van der Waals surface area contributed by atoms with Crippen molar-refractivity contribution in [2.45, 2.75) is 6.42 Å². The molecule has 2 rings (SSSR count). The maximum atomic E-state index is 12.0. The molecule has 0 saturated carbocycles. The quantitative estimate of drug-likeness (QED) is 0.324. The van der Waals surface area contributed by atoms with Crippen molar-refractivity contribution in [3.05, 3.63) is 70.7 Å². The summed E-state index contributed by atoms with van der Waals surface area (Å²) in [6, 6.07) is 12.1. The summed E-state index contributed by atoms with van der Waals surface area (Å²) >= 11 is 3.42. The number of carbonyl (C=O) groups excluding carboxylic acids is 2. The van der Waals surface area contributed by atoms with Crippen molar-refractivity contribution < 1.29 is 19.1 Å². The molecule has 2 amide bonds. The van der Waals surface area contributed by atoms with Crippen LogP contribution in [0.4, 0.5) is 0 Å². The van der Waals surface area contributed by atoms with E-state index in [1.54, 1.807) is 43.5 Å². The first-order chi connectivity index (χ1) is 14.0. The van der Waals surface area contributed by atoms with Crippen molar-refractivity contribution in [3.63, 3.8) is 0 Å². The van der Waals surface area contributed by atoms with Crippen molar-refractivity contribution in [1.29, 1.82) is 0 Å². The third-order valence-corrected chi connectivity index (χ3v) is 4.33. The standard InChI is InChI=1S/C21H22BrN3O4/c1-3-12-29-19-9-4-15(13-18(19)22)14-24-25-20(26)10-11-23-21(27)16-5-7-17(28-2)8-6-16/h3-9,13-14H,1,10-12H2,2H3,(H,23,27)(H,25,26).